The van der Waals surface area contributed by atoms with Crippen LogP contribution in [0.25, 0.3) is 0 Å². The molecule has 2 aliphatic rings. The van der Waals surface area contributed by atoms with Crippen LogP contribution in [0, 0.1) is 17.8 Å². The summed E-state index contributed by atoms with van der Waals surface area (Å²) in [5, 5.41) is 3.68. The predicted octanol–water partition coefficient (Wildman–Crippen LogP) is 3.52. The summed E-state index contributed by atoms with van der Waals surface area (Å²) in [6, 6.07) is 1.59. The molecule has 2 heteroatoms. The van der Waals surface area contributed by atoms with Crippen LogP contribution >= 0.6 is 0 Å². The van der Waals surface area contributed by atoms with Crippen LogP contribution < -0.4 is 5.32 Å². The zero-order valence-electron chi connectivity index (χ0n) is 13.5. The molecule has 4 atom stereocenters. The summed E-state index contributed by atoms with van der Waals surface area (Å²) in [4.78, 5) is 2.82. The van der Waals surface area contributed by atoms with E-state index in [-0.39, 0.29) is 0 Å². The molecule has 19 heavy (non-hydrogen) atoms. The molecule has 1 aliphatic carbocycles. The lowest BCUT2D eigenvalue weighted by Crippen LogP contribution is -2.49. The van der Waals surface area contributed by atoms with Crippen molar-refractivity contribution in [3.63, 3.8) is 0 Å². The largest absolute Gasteiger partial charge is 0.313 e. The van der Waals surface area contributed by atoms with Gasteiger partial charge in [0, 0.05) is 25.2 Å². The summed E-state index contributed by atoms with van der Waals surface area (Å²) in [6.45, 7) is 13.4. The lowest BCUT2D eigenvalue weighted by Gasteiger charge is -2.42. The van der Waals surface area contributed by atoms with E-state index >= 15 is 0 Å². The van der Waals surface area contributed by atoms with Gasteiger partial charge < -0.3 is 5.32 Å². The van der Waals surface area contributed by atoms with Gasteiger partial charge in [-0.2, -0.15) is 0 Å². The summed E-state index contributed by atoms with van der Waals surface area (Å²) >= 11 is 0. The second kappa shape index (κ2) is 7.08. The van der Waals surface area contributed by atoms with Crippen LogP contribution in [-0.4, -0.2) is 36.6 Å². The fourth-order valence-electron chi connectivity index (χ4n) is 4.20. The maximum atomic E-state index is 3.68. The van der Waals surface area contributed by atoms with Gasteiger partial charge in [-0.1, -0.05) is 27.7 Å². The lowest BCUT2D eigenvalue weighted by molar-refractivity contribution is 0.0757. The average molecular weight is 266 g/mol. The van der Waals surface area contributed by atoms with E-state index in [1.165, 1.54) is 51.7 Å². The van der Waals surface area contributed by atoms with E-state index in [9.17, 15) is 0 Å². The molecule has 4 unspecified atom stereocenters. The Morgan fingerprint density at radius 1 is 1.16 bits per heavy atom. The Hall–Kier alpha value is -0.0800. The Balaban J connectivity index is 1.95. The molecule has 1 N–H and O–H groups in total. The molecule has 112 valence electrons. The first-order chi connectivity index (χ1) is 9.06. The molecule has 1 saturated carbocycles. The summed E-state index contributed by atoms with van der Waals surface area (Å²) in [5.74, 6) is 2.61. The molecule has 0 aromatic heterocycles. The predicted molar refractivity (Wildman–Crippen MR) is 83.4 cm³/mol. The quantitative estimate of drug-likeness (QED) is 0.819. The summed E-state index contributed by atoms with van der Waals surface area (Å²) in [5.41, 5.74) is 0. The van der Waals surface area contributed by atoms with Crippen LogP contribution in [0.1, 0.15) is 59.8 Å². The highest BCUT2D eigenvalue weighted by Crippen LogP contribution is 2.32. The van der Waals surface area contributed by atoms with Gasteiger partial charge in [-0.25, -0.2) is 0 Å². The average Bonchev–Trinajstić information content (AvgIpc) is 2.80. The number of nitrogens with zero attached hydrogens (tertiary/aromatic N) is 1. The zero-order chi connectivity index (χ0) is 13.8. The fraction of sp³-hybridized carbons (Fsp3) is 1.00. The van der Waals surface area contributed by atoms with Gasteiger partial charge in [0.25, 0.3) is 0 Å². The highest BCUT2D eigenvalue weighted by Gasteiger charge is 2.31. The summed E-state index contributed by atoms with van der Waals surface area (Å²) < 4.78 is 0. The van der Waals surface area contributed by atoms with Crippen molar-refractivity contribution < 1.29 is 0 Å². The van der Waals surface area contributed by atoms with Crippen molar-refractivity contribution in [2.45, 2.75) is 71.9 Å². The van der Waals surface area contributed by atoms with Gasteiger partial charge in [-0.05, 0) is 56.4 Å². The van der Waals surface area contributed by atoms with Crippen molar-refractivity contribution in [1.29, 1.82) is 0 Å². The molecular weight excluding hydrogens is 232 g/mol. The minimum atomic E-state index is 0.755. The Labute approximate surface area is 120 Å². The highest BCUT2D eigenvalue weighted by molar-refractivity contribution is 4.87. The van der Waals surface area contributed by atoms with E-state index in [0.717, 1.165) is 29.8 Å². The molecule has 1 aliphatic heterocycles. The third kappa shape index (κ3) is 4.46. The normalized spacial score (nSPS) is 36.3. The van der Waals surface area contributed by atoms with Gasteiger partial charge in [-0.15, -0.1) is 0 Å². The van der Waals surface area contributed by atoms with E-state index in [4.69, 9.17) is 0 Å². The van der Waals surface area contributed by atoms with Crippen molar-refractivity contribution in [2.75, 3.05) is 19.6 Å². The van der Waals surface area contributed by atoms with Crippen LogP contribution in [0.15, 0.2) is 0 Å². The SMILES string of the molecule is CC(C)CN(CC1CCCN1)C1CCC(C)CC1C. The van der Waals surface area contributed by atoms with E-state index in [1.54, 1.807) is 0 Å². The summed E-state index contributed by atoms with van der Waals surface area (Å²) in [6.07, 6.45) is 7.03. The maximum Gasteiger partial charge on any atom is 0.0195 e. The smallest absolute Gasteiger partial charge is 0.0195 e. The molecule has 0 aromatic rings. The second-order valence-corrected chi connectivity index (χ2v) is 7.60. The molecule has 0 spiro atoms. The number of hydrogen-bond acceptors (Lipinski definition) is 2. The third-order valence-corrected chi connectivity index (χ3v) is 5.07. The maximum absolute atomic E-state index is 3.68. The monoisotopic (exact) mass is 266 g/mol. The van der Waals surface area contributed by atoms with Crippen LogP contribution in [-0.2, 0) is 0 Å². The van der Waals surface area contributed by atoms with E-state index in [1.807, 2.05) is 0 Å². The molecule has 0 amide bonds. The van der Waals surface area contributed by atoms with Crippen LogP contribution in [0.4, 0.5) is 0 Å². The second-order valence-electron chi connectivity index (χ2n) is 7.60. The van der Waals surface area contributed by atoms with Crippen molar-refractivity contribution in [2.24, 2.45) is 17.8 Å². The van der Waals surface area contributed by atoms with Gasteiger partial charge in [-0.3, -0.25) is 4.90 Å². The first-order valence-electron chi connectivity index (χ1n) is 8.53. The molecule has 0 radical (unpaired) electrons. The molecule has 1 heterocycles. The number of nitrogens with one attached hydrogen (secondary N) is 1. The first-order valence-corrected chi connectivity index (χ1v) is 8.53. The van der Waals surface area contributed by atoms with E-state index < -0.39 is 0 Å². The molecule has 1 saturated heterocycles. The van der Waals surface area contributed by atoms with Crippen molar-refractivity contribution in [1.82, 2.24) is 10.2 Å². The van der Waals surface area contributed by atoms with E-state index in [2.05, 4.69) is 37.9 Å². The topological polar surface area (TPSA) is 15.3 Å². The van der Waals surface area contributed by atoms with Crippen LogP contribution in [0.3, 0.4) is 0 Å². The minimum absolute atomic E-state index is 0.755. The Morgan fingerprint density at radius 3 is 2.53 bits per heavy atom. The third-order valence-electron chi connectivity index (χ3n) is 5.07. The highest BCUT2D eigenvalue weighted by atomic mass is 15.2. The molecular formula is C17H34N2. The van der Waals surface area contributed by atoms with Gasteiger partial charge in [0.2, 0.25) is 0 Å². The molecule has 2 nitrogen and oxygen atoms in total. The molecule has 2 rings (SSSR count). The van der Waals surface area contributed by atoms with Crippen LogP contribution in [0.2, 0.25) is 0 Å². The molecule has 0 aromatic carbocycles. The van der Waals surface area contributed by atoms with Gasteiger partial charge in [0.05, 0.1) is 0 Å². The fourth-order valence-corrected chi connectivity index (χ4v) is 4.20. The zero-order valence-corrected chi connectivity index (χ0v) is 13.5. The lowest BCUT2D eigenvalue weighted by atomic mass is 9.79. The van der Waals surface area contributed by atoms with Gasteiger partial charge >= 0.3 is 0 Å². The number of rotatable bonds is 5. The standard InChI is InChI=1S/C17H34N2/c1-13(2)11-19(12-16-6-5-9-18-16)17-8-7-14(3)10-15(17)4/h13-18H,5-12H2,1-4H3. The van der Waals surface area contributed by atoms with Crippen molar-refractivity contribution >= 4 is 0 Å². The Kier molecular flexibility index (Phi) is 5.70. The Bertz CT molecular complexity index is 258. The van der Waals surface area contributed by atoms with Crippen molar-refractivity contribution in [3.8, 4) is 0 Å². The van der Waals surface area contributed by atoms with Gasteiger partial charge in [0.15, 0.2) is 0 Å². The molecule has 2 fully saturated rings. The molecule has 0 bridgehead atoms. The van der Waals surface area contributed by atoms with E-state index in [0.29, 0.717) is 0 Å². The minimum Gasteiger partial charge on any atom is -0.313 e. The van der Waals surface area contributed by atoms with Gasteiger partial charge in [0.1, 0.15) is 0 Å². The number of hydrogen-bond donors (Lipinski definition) is 1. The van der Waals surface area contributed by atoms with Crippen LogP contribution in [0.5, 0.6) is 0 Å². The van der Waals surface area contributed by atoms with Crippen molar-refractivity contribution in [3.05, 3.63) is 0 Å². The first kappa shape index (κ1) is 15.3. The summed E-state index contributed by atoms with van der Waals surface area (Å²) in [7, 11) is 0. The Morgan fingerprint density at radius 2 is 1.95 bits per heavy atom.